The maximum atomic E-state index is 11.9. The number of rotatable bonds is 6. The summed E-state index contributed by atoms with van der Waals surface area (Å²) >= 11 is 0. The van der Waals surface area contributed by atoms with Crippen molar-refractivity contribution < 1.29 is 14.3 Å². The first kappa shape index (κ1) is 19.4. The van der Waals surface area contributed by atoms with Gasteiger partial charge in [-0.25, -0.2) is 0 Å². The second-order valence-electron chi connectivity index (χ2n) is 7.43. The summed E-state index contributed by atoms with van der Waals surface area (Å²) in [4.78, 5) is 18.6. The molecule has 2 atom stereocenters. The van der Waals surface area contributed by atoms with Gasteiger partial charge in [-0.1, -0.05) is 18.2 Å². The highest BCUT2D eigenvalue weighted by atomic mass is 16.5. The fraction of sp³-hybridized carbons (Fsp3) is 0.333. The second kappa shape index (κ2) is 8.62. The van der Waals surface area contributed by atoms with Crippen LogP contribution in [0.1, 0.15) is 36.4 Å². The molecule has 0 aliphatic carbocycles. The molecular formula is C24H26N2O3. The molecule has 2 heterocycles. The number of ether oxygens (including phenoxy) is 2. The first-order valence-corrected chi connectivity index (χ1v) is 10.0. The zero-order chi connectivity index (χ0) is 20.2. The highest BCUT2D eigenvalue weighted by molar-refractivity contribution is 5.78. The van der Waals surface area contributed by atoms with Crippen molar-refractivity contribution in [2.24, 2.45) is 0 Å². The number of likely N-dealkylation sites (tertiary alicyclic amines) is 1. The molecule has 5 nitrogen and oxygen atoms in total. The van der Waals surface area contributed by atoms with Crippen molar-refractivity contribution in [2.75, 3.05) is 14.2 Å². The number of fused-ring (bicyclic) bond motifs is 1. The minimum Gasteiger partial charge on any atom is -0.496 e. The van der Waals surface area contributed by atoms with Crippen LogP contribution in [0, 0.1) is 0 Å². The summed E-state index contributed by atoms with van der Waals surface area (Å²) in [7, 11) is 3.36. The third-order valence-corrected chi connectivity index (χ3v) is 5.79. The van der Waals surface area contributed by atoms with Gasteiger partial charge in [-0.05, 0) is 55.2 Å². The fourth-order valence-corrected chi connectivity index (χ4v) is 4.41. The molecule has 29 heavy (non-hydrogen) atoms. The van der Waals surface area contributed by atoms with Crippen molar-refractivity contribution in [3.63, 3.8) is 0 Å². The third kappa shape index (κ3) is 3.83. The van der Waals surface area contributed by atoms with Crippen molar-refractivity contribution in [2.45, 2.75) is 37.9 Å². The van der Waals surface area contributed by atoms with E-state index in [0.717, 1.165) is 59.1 Å². The first-order valence-electron chi connectivity index (χ1n) is 10.0. The Morgan fingerprint density at radius 1 is 1.07 bits per heavy atom. The Morgan fingerprint density at radius 2 is 1.86 bits per heavy atom. The SMILES string of the molecule is COc1cccc(OC)c1C1CCCC(C=O)N1Cc1ccc2ncccc2c1. The average Bonchev–Trinajstić information content (AvgIpc) is 2.78. The number of nitrogens with zero attached hydrogens (tertiary/aromatic N) is 2. The molecule has 1 aliphatic rings. The molecule has 0 saturated carbocycles. The smallest absolute Gasteiger partial charge is 0.137 e. The maximum absolute atomic E-state index is 11.9. The van der Waals surface area contributed by atoms with E-state index in [1.807, 2.05) is 30.3 Å². The van der Waals surface area contributed by atoms with Crippen LogP contribution >= 0.6 is 0 Å². The summed E-state index contributed by atoms with van der Waals surface area (Å²) in [6.45, 7) is 0.681. The molecule has 0 amide bonds. The highest BCUT2D eigenvalue weighted by Gasteiger charge is 2.34. The fourth-order valence-electron chi connectivity index (χ4n) is 4.41. The molecule has 5 heteroatoms. The zero-order valence-corrected chi connectivity index (χ0v) is 16.9. The lowest BCUT2D eigenvalue weighted by molar-refractivity contribution is -0.115. The third-order valence-electron chi connectivity index (χ3n) is 5.79. The molecule has 1 aliphatic heterocycles. The number of pyridine rings is 1. The molecule has 0 spiro atoms. The van der Waals surface area contributed by atoms with Crippen molar-refractivity contribution in [1.29, 1.82) is 0 Å². The van der Waals surface area contributed by atoms with Gasteiger partial charge in [0, 0.05) is 24.2 Å². The number of benzene rings is 2. The maximum Gasteiger partial charge on any atom is 0.137 e. The van der Waals surface area contributed by atoms with Crippen LogP contribution in [-0.2, 0) is 11.3 Å². The second-order valence-corrected chi connectivity index (χ2v) is 7.43. The van der Waals surface area contributed by atoms with Crippen LogP contribution in [0.2, 0.25) is 0 Å². The van der Waals surface area contributed by atoms with Crippen LogP contribution in [0.5, 0.6) is 11.5 Å². The molecule has 150 valence electrons. The van der Waals surface area contributed by atoms with Gasteiger partial charge in [-0.15, -0.1) is 0 Å². The quantitative estimate of drug-likeness (QED) is 0.578. The van der Waals surface area contributed by atoms with Crippen LogP contribution in [0.3, 0.4) is 0 Å². The molecule has 0 radical (unpaired) electrons. The molecular weight excluding hydrogens is 364 g/mol. The van der Waals surface area contributed by atoms with Gasteiger partial charge < -0.3 is 14.3 Å². The lowest BCUT2D eigenvalue weighted by Gasteiger charge is -2.41. The Labute approximate surface area is 171 Å². The lowest BCUT2D eigenvalue weighted by Crippen LogP contribution is -2.42. The standard InChI is InChI=1S/C24H26N2O3/c1-28-22-9-4-10-23(29-2)24(22)21-8-3-7-19(16-27)26(21)15-17-11-12-20-18(14-17)6-5-13-25-20/h4-6,9-14,16,19,21H,3,7-8,15H2,1-2H3. The summed E-state index contributed by atoms with van der Waals surface area (Å²) in [6, 6.07) is 16.1. The summed E-state index contributed by atoms with van der Waals surface area (Å²) in [5, 5.41) is 1.11. The molecule has 3 aromatic rings. The molecule has 2 aromatic carbocycles. The number of carbonyl (C=O) groups is 1. The van der Waals surface area contributed by atoms with Gasteiger partial charge in [0.1, 0.15) is 17.8 Å². The number of carbonyl (C=O) groups excluding carboxylic acids is 1. The van der Waals surface area contributed by atoms with E-state index in [-0.39, 0.29) is 12.1 Å². The molecule has 2 unspecified atom stereocenters. The van der Waals surface area contributed by atoms with Crippen LogP contribution in [-0.4, -0.2) is 36.4 Å². The number of methoxy groups -OCH3 is 2. The molecule has 0 bridgehead atoms. The van der Waals surface area contributed by atoms with Gasteiger partial charge in [0.25, 0.3) is 0 Å². The van der Waals surface area contributed by atoms with Gasteiger partial charge in [0.15, 0.2) is 0 Å². The minimum absolute atomic E-state index is 0.0506. The predicted octanol–water partition coefficient (Wildman–Crippen LogP) is 4.55. The number of aldehydes is 1. The molecule has 1 fully saturated rings. The number of piperidine rings is 1. The molecule has 4 rings (SSSR count). The number of aromatic nitrogens is 1. The zero-order valence-electron chi connectivity index (χ0n) is 16.9. The lowest BCUT2D eigenvalue weighted by atomic mass is 9.89. The minimum atomic E-state index is -0.132. The Balaban J connectivity index is 1.74. The predicted molar refractivity (Wildman–Crippen MR) is 113 cm³/mol. The molecule has 1 aromatic heterocycles. The van der Waals surface area contributed by atoms with Crippen molar-refractivity contribution in [1.82, 2.24) is 9.88 Å². The Bertz CT molecular complexity index is 982. The van der Waals surface area contributed by atoms with Gasteiger partial charge in [-0.3, -0.25) is 9.88 Å². The average molecular weight is 390 g/mol. The van der Waals surface area contributed by atoms with Crippen LogP contribution in [0.4, 0.5) is 0 Å². The highest BCUT2D eigenvalue weighted by Crippen LogP contribution is 2.43. The van der Waals surface area contributed by atoms with Crippen molar-refractivity contribution in [3.8, 4) is 11.5 Å². The van der Waals surface area contributed by atoms with Crippen LogP contribution in [0.15, 0.2) is 54.7 Å². The summed E-state index contributed by atoms with van der Waals surface area (Å²) in [5.41, 5.74) is 3.16. The Morgan fingerprint density at radius 3 is 2.59 bits per heavy atom. The summed E-state index contributed by atoms with van der Waals surface area (Å²) < 4.78 is 11.3. The van der Waals surface area contributed by atoms with E-state index in [1.165, 1.54) is 0 Å². The Kier molecular flexibility index (Phi) is 5.76. The van der Waals surface area contributed by atoms with Crippen LogP contribution in [0.25, 0.3) is 10.9 Å². The monoisotopic (exact) mass is 390 g/mol. The van der Waals surface area contributed by atoms with E-state index in [1.54, 1.807) is 20.4 Å². The van der Waals surface area contributed by atoms with E-state index in [4.69, 9.17) is 9.47 Å². The van der Waals surface area contributed by atoms with E-state index in [9.17, 15) is 4.79 Å². The van der Waals surface area contributed by atoms with Gasteiger partial charge in [-0.2, -0.15) is 0 Å². The summed E-state index contributed by atoms with van der Waals surface area (Å²) in [6.07, 6.45) is 5.70. The van der Waals surface area contributed by atoms with Crippen LogP contribution < -0.4 is 9.47 Å². The molecule has 0 N–H and O–H groups in total. The number of hydrogen-bond donors (Lipinski definition) is 0. The van der Waals surface area contributed by atoms with E-state index in [0.29, 0.717) is 6.54 Å². The van der Waals surface area contributed by atoms with E-state index >= 15 is 0 Å². The van der Waals surface area contributed by atoms with Gasteiger partial charge >= 0.3 is 0 Å². The summed E-state index contributed by atoms with van der Waals surface area (Å²) in [5.74, 6) is 1.60. The first-order chi connectivity index (χ1) is 14.2. The van der Waals surface area contributed by atoms with E-state index < -0.39 is 0 Å². The topological polar surface area (TPSA) is 51.7 Å². The number of hydrogen-bond acceptors (Lipinski definition) is 5. The van der Waals surface area contributed by atoms with Crippen molar-refractivity contribution >= 4 is 17.2 Å². The normalized spacial score (nSPS) is 19.8. The van der Waals surface area contributed by atoms with Gasteiger partial charge in [0.05, 0.1) is 31.3 Å². The van der Waals surface area contributed by atoms with Gasteiger partial charge in [0.2, 0.25) is 0 Å². The Hall–Kier alpha value is -2.92. The van der Waals surface area contributed by atoms with E-state index in [2.05, 4.69) is 28.1 Å². The largest absolute Gasteiger partial charge is 0.496 e. The molecule has 1 saturated heterocycles. The van der Waals surface area contributed by atoms with Crippen molar-refractivity contribution in [3.05, 3.63) is 65.9 Å².